The van der Waals surface area contributed by atoms with Gasteiger partial charge in [0.05, 0.1) is 6.54 Å². The first kappa shape index (κ1) is 20.1. The van der Waals surface area contributed by atoms with Gasteiger partial charge in [-0.2, -0.15) is 0 Å². The number of aryl methyl sites for hydroxylation is 1. The molecule has 0 radical (unpaired) electrons. The molecule has 2 fully saturated rings. The minimum Gasteiger partial charge on any atom is -0.345 e. The summed E-state index contributed by atoms with van der Waals surface area (Å²) in [5, 5.41) is 0. The van der Waals surface area contributed by atoms with Gasteiger partial charge in [-0.1, -0.05) is 26.2 Å². The van der Waals surface area contributed by atoms with Crippen LogP contribution in [0.25, 0.3) is 0 Å². The van der Waals surface area contributed by atoms with E-state index in [9.17, 15) is 9.59 Å². The summed E-state index contributed by atoms with van der Waals surface area (Å²) >= 11 is 0. The molecule has 1 saturated carbocycles. The van der Waals surface area contributed by atoms with Gasteiger partial charge in [0, 0.05) is 55.6 Å². The maximum absolute atomic E-state index is 12.9. The third-order valence-corrected chi connectivity index (χ3v) is 6.31. The van der Waals surface area contributed by atoms with Crippen molar-refractivity contribution >= 4 is 11.7 Å². The van der Waals surface area contributed by atoms with Gasteiger partial charge in [0.15, 0.2) is 5.78 Å². The summed E-state index contributed by atoms with van der Waals surface area (Å²) < 4.78 is 2.39. The molecule has 2 heterocycles. The number of carbonyl (C=O) groups excluding carboxylic acids is 2. The van der Waals surface area contributed by atoms with Crippen LogP contribution >= 0.6 is 0 Å². The molecule has 5 nitrogen and oxygen atoms in total. The van der Waals surface area contributed by atoms with E-state index in [4.69, 9.17) is 0 Å². The Labute approximate surface area is 163 Å². The predicted molar refractivity (Wildman–Crippen MR) is 108 cm³/mol. The third kappa shape index (κ3) is 4.63. The quantitative estimate of drug-likeness (QED) is 0.684. The molecule has 1 aromatic heterocycles. The largest absolute Gasteiger partial charge is 0.345 e. The summed E-state index contributed by atoms with van der Waals surface area (Å²) in [6.45, 7) is 9.89. The normalized spacial score (nSPS) is 19.0. The van der Waals surface area contributed by atoms with Crippen molar-refractivity contribution in [3.63, 3.8) is 0 Å². The Morgan fingerprint density at radius 3 is 2.37 bits per heavy atom. The Morgan fingerprint density at radius 2 is 1.74 bits per heavy atom. The number of hydrogen-bond acceptors (Lipinski definition) is 3. The lowest BCUT2D eigenvalue weighted by atomic mass is 10.1. The summed E-state index contributed by atoms with van der Waals surface area (Å²) in [5.41, 5.74) is 3.24. The number of Topliss-reactive ketones (excluding diaryl/α,β-unsaturated/α-hetero) is 1. The number of hydrogen-bond donors (Lipinski definition) is 0. The van der Waals surface area contributed by atoms with Crippen LogP contribution in [0, 0.1) is 13.8 Å². The van der Waals surface area contributed by atoms with Gasteiger partial charge in [-0.05, 0) is 39.2 Å². The summed E-state index contributed by atoms with van der Waals surface area (Å²) in [7, 11) is 0. The molecule has 1 saturated heterocycles. The molecule has 0 bridgehead atoms. The summed E-state index contributed by atoms with van der Waals surface area (Å²) in [5.74, 6) is 0.487. The number of nitrogens with zero attached hydrogens (tertiary/aromatic N) is 3. The monoisotopic (exact) mass is 373 g/mol. The maximum atomic E-state index is 12.9. The van der Waals surface area contributed by atoms with E-state index in [1.807, 2.05) is 4.90 Å². The van der Waals surface area contributed by atoms with Crippen LogP contribution in [0.15, 0.2) is 6.07 Å². The van der Waals surface area contributed by atoms with E-state index in [-0.39, 0.29) is 11.7 Å². The van der Waals surface area contributed by atoms with Crippen molar-refractivity contribution in [2.24, 2.45) is 0 Å². The zero-order valence-corrected chi connectivity index (χ0v) is 17.3. The average Bonchev–Trinajstić information content (AvgIpc) is 3.28. The van der Waals surface area contributed by atoms with Crippen LogP contribution in [0.4, 0.5) is 0 Å². The number of amides is 1. The first-order valence-electron chi connectivity index (χ1n) is 10.7. The molecule has 0 N–H and O–H groups in total. The summed E-state index contributed by atoms with van der Waals surface area (Å²) in [4.78, 5) is 29.3. The molecule has 0 aromatic carbocycles. The number of piperazine rings is 1. The van der Waals surface area contributed by atoms with Crippen LogP contribution < -0.4 is 0 Å². The molecule has 150 valence electrons. The summed E-state index contributed by atoms with van der Waals surface area (Å²) in [6.07, 6.45) is 7.74. The third-order valence-electron chi connectivity index (χ3n) is 6.31. The van der Waals surface area contributed by atoms with Gasteiger partial charge in [0.2, 0.25) is 5.91 Å². The van der Waals surface area contributed by atoms with Gasteiger partial charge in [-0.25, -0.2) is 0 Å². The molecule has 0 spiro atoms. The van der Waals surface area contributed by atoms with E-state index in [1.165, 1.54) is 31.4 Å². The topological polar surface area (TPSA) is 45.6 Å². The Morgan fingerprint density at radius 1 is 1.07 bits per heavy atom. The van der Waals surface area contributed by atoms with Crippen molar-refractivity contribution in [2.75, 3.05) is 32.7 Å². The molecule has 0 unspecified atom stereocenters. The highest BCUT2D eigenvalue weighted by molar-refractivity contribution is 5.99. The molecular weight excluding hydrogens is 338 g/mol. The van der Waals surface area contributed by atoms with E-state index in [0.717, 1.165) is 50.3 Å². The molecule has 3 rings (SSSR count). The van der Waals surface area contributed by atoms with Crippen LogP contribution in [0.5, 0.6) is 0 Å². The van der Waals surface area contributed by atoms with Crippen molar-refractivity contribution in [2.45, 2.75) is 71.8 Å². The van der Waals surface area contributed by atoms with Crippen molar-refractivity contribution in [1.29, 1.82) is 0 Å². The number of carbonyl (C=O) groups is 2. The molecule has 1 amide bonds. The summed E-state index contributed by atoms with van der Waals surface area (Å²) in [6, 6.07) is 2.66. The fourth-order valence-electron chi connectivity index (χ4n) is 4.71. The van der Waals surface area contributed by atoms with E-state index in [1.54, 1.807) is 0 Å². The minimum atomic E-state index is 0.220. The maximum Gasteiger partial charge on any atom is 0.222 e. The second-order valence-corrected chi connectivity index (χ2v) is 8.28. The highest BCUT2D eigenvalue weighted by atomic mass is 16.2. The lowest BCUT2D eigenvalue weighted by molar-refractivity contribution is -0.132. The number of aromatic nitrogens is 1. The molecule has 1 aliphatic heterocycles. The predicted octanol–water partition coefficient (Wildman–Crippen LogP) is 3.74. The van der Waals surface area contributed by atoms with Gasteiger partial charge >= 0.3 is 0 Å². The van der Waals surface area contributed by atoms with Crippen LogP contribution in [-0.2, 0) is 4.79 Å². The van der Waals surface area contributed by atoms with Gasteiger partial charge in [0.25, 0.3) is 0 Å². The lowest BCUT2D eigenvalue weighted by Gasteiger charge is -2.34. The number of rotatable bonds is 7. The standard InChI is InChI=1S/C22H35N3O2/c1-4-5-10-22(27)24-13-11-23(12-14-24)16-21(26)20-15-17(2)25(18(20)3)19-8-6-7-9-19/h15,19H,4-14,16H2,1-3H3. The lowest BCUT2D eigenvalue weighted by Crippen LogP contribution is -2.49. The first-order chi connectivity index (χ1) is 13.0. The second kappa shape index (κ2) is 9.05. The minimum absolute atomic E-state index is 0.220. The fraction of sp³-hybridized carbons (Fsp3) is 0.727. The van der Waals surface area contributed by atoms with Gasteiger partial charge in [-0.3, -0.25) is 14.5 Å². The molecule has 27 heavy (non-hydrogen) atoms. The van der Waals surface area contributed by atoms with Crippen LogP contribution in [0.1, 0.15) is 79.7 Å². The van der Waals surface area contributed by atoms with Crippen molar-refractivity contribution < 1.29 is 9.59 Å². The molecule has 1 aromatic rings. The Bertz CT molecular complexity index is 665. The Balaban J connectivity index is 1.56. The van der Waals surface area contributed by atoms with Gasteiger partial charge in [-0.15, -0.1) is 0 Å². The van der Waals surface area contributed by atoms with Crippen LogP contribution in [0.2, 0.25) is 0 Å². The Hall–Kier alpha value is -1.62. The van der Waals surface area contributed by atoms with Crippen molar-refractivity contribution in [1.82, 2.24) is 14.4 Å². The van der Waals surface area contributed by atoms with Crippen LogP contribution in [0.3, 0.4) is 0 Å². The van der Waals surface area contributed by atoms with Crippen molar-refractivity contribution in [3.05, 3.63) is 23.0 Å². The van der Waals surface area contributed by atoms with E-state index in [0.29, 0.717) is 19.0 Å². The van der Waals surface area contributed by atoms with E-state index in [2.05, 4.69) is 36.3 Å². The molecule has 1 aliphatic carbocycles. The van der Waals surface area contributed by atoms with Gasteiger partial charge < -0.3 is 9.47 Å². The average molecular weight is 374 g/mol. The SMILES string of the molecule is CCCCC(=O)N1CCN(CC(=O)c2cc(C)n(C3CCCC3)c2C)CC1. The number of unbranched alkanes of at least 4 members (excludes halogenated alkanes) is 1. The molecule has 2 aliphatic rings. The number of ketones is 1. The highest BCUT2D eigenvalue weighted by Crippen LogP contribution is 2.33. The highest BCUT2D eigenvalue weighted by Gasteiger charge is 2.26. The molecule has 5 heteroatoms. The van der Waals surface area contributed by atoms with Crippen molar-refractivity contribution in [3.8, 4) is 0 Å². The fourth-order valence-corrected chi connectivity index (χ4v) is 4.71. The van der Waals surface area contributed by atoms with Crippen LogP contribution in [-0.4, -0.2) is 58.8 Å². The van der Waals surface area contributed by atoms with E-state index < -0.39 is 0 Å². The van der Waals surface area contributed by atoms with Gasteiger partial charge in [0.1, 0.15) is 0 Å². The van der Waals surface area contributed by atoms with E-state index >= 15 is 0 Å². The smallest absolute Gasteiger partial charge is 0.222 e. The zero-order chi connectivity index (χ0) is 19.4. The first-order valence-corrected chi connectivity index (χ1v) is 10.7. The molecular formula is C22H35N3O2. The molecule has 0 atom stereocenters. The second-order valence-electron chi connectivity index (χ2n) is 8.28. The Kier molecular flexibility index (Phi) is 6.74. The zero-order valence-electron chi connectivity index (χ0n) is 17.3.